The zero-order valence-electron chi connectivity index (χ0n) is 17.7. The van der Waals surface area contributed by atoms with Crippen molar-refractivity contribution in [2.24, 2.45) is 0 Å². The molecule has 0 spiro atoms. The second-order valence-electron chi connectivity index (χ2n) is 9.22. The molecule has 2 N–H and O–H groups in total. The first-order valence-corrected chi connectivity index (χ1v) is 11.5. The molecule has 0 radical (unpaired) electrons. The molecule has 0 bridgehead atoms. The molecule has 3 fully saturated rings. The molecule has 1 atom stereocenters. The fourth-order valence-corrected chi connectivity index (χ4v) is 5.62. The van der Waals surface area contributed by atoms with Gasteiger partial charge in [0.1, 0.15) is 0 Å². The van der Waals surface area contributed by atoms with E-state index in [4.69, 9.17) is 0 Å². The fourth-order valence-electron chi connectivity index (χ4n) is 5.62. The average Bonchev–Trinajstić information content (AvgIpc) is 3.20. The van der Waals surface area contributed by atoms with Crippen LogP contribution in [-0.4, -0.2) is 77.9 Å². The van der Waals surface area contributed by atoms with E-state index in [1.165, 1.54) is 42.6 Å². The van der Waals surface area contributed by atoms with E-state index >= 15 is 0 Å². The Labute approximate surface area is 178 Å². The number of carbonyl (C=O) groups is 2. The van der Waals surface area contributed by atoms with Crippen LogP contribution in [0.15, 0.2) is 18.2 Å². The molecule has 4 aliphatic heterocycles. The Morgan fingerprint density at radius 3 is 2.50 bits per heavy atom. The minimum Gasteiger partial charge on any atom is -0.317 e. The highest BCUT2D eigenvalue weighted by molar-refractivity contribution is 6.00. The van der Waals surface area contributed by atoms with Crippen molar-refractivity contribution in [1.29, 1.82) is 0 Å². The Kier molecular flexibility index (Phi) is 5.87. The van der Waals surface area contributed by atoms with Gasteiger partial charge in [-0.3, -0.25) is 29.6 Å². The van der Waals surface area contributed by atoms with Gasteiger partial charge in [-0.05, 0) is 49.0 Å². The fraction of sp³-hybridized carbons (Fsp3) is 0.652. The summed E-state index contributed by atoms with van der Waals surface area (Å²) in [7, 11) is 0. The zero-order valence-corrected chi connectivity index (χ0v) is 17.7. The number of imide groups is 1. The Morgan fingerprint density at radius 2 is 1.73 bits per heavy atom. The lowest BCUT2D eigenvalue weighted by Gasteiger charge is -2.41. The van der Waals surface area contributed by atoms with Gasteiger partial charge in [0.25, 0.3) is 0 Å². The van der Waals surface area contributed by atoms with Crippen LogP contribution in [0.2, 0.25) is 0 Å². The maximum Gasteiger partial charge on any atom is 0.243 e. The molecule has 7 heteroatoms. The van der Waals surface area contributed by atoms with E-state index in [0.717, 1.165) is 51.9 Å². The Morgan fingerprint density at radius 1 is 0.933 bits per heavy atom. The predicted octanol–water partition coefficient (Wildman–Crippen LogP) is 0.677. The monoisotopic (exact) mass is 411 g/mol. The average molecular weight is 412 g/mol. The van der Waals surface area contributed by atoms with Crippen molar-refractivity contribution >= 4 is 11.8 Å². The number of benzene rings is 1. The number of piperidine rings is 2. The predicted molar refractivity (Wildman–Crippen MR) is 115 cm³/mol. The van der Waals surface area contributed by atoms with E-state index in [9.17, 15) is 9.59 Å². The van der Waals surface area contributed by atoms with Crippen LogP contribution in [0.4, 0.5) is 0 Å². The third-order valence-electron chi connectivity index (χ3n) is 7.38. The van der Waals surface area contributed by atoms with Crippen molar-refractivity contribution < 1.29 is 9.59 Å². The van der Waals surface area contributed by atoms with E-state index < -0.39 is 0 Å². The molecule has 5 rings (SSSR count). The summed E-state index contributed by atoms with van der Waals surface area (Å²) in [6.07, 6.45) is 3.63. The van der Waals surface area contributed by atoms with E-state index in [1.54, 1.807) is 0 Å². The van der Waals surface area contributed by atoms with Gasteiger partial charge in [-0.25, -0.2) is 0 Å². The number of hydrogen-bond acceptors (Lipinski definition) is 6. The third-order valence-corrected chi connectivity index (χ3v) is 7.38. The second kappa shape index (κ2) is 8.75. The lowest BCUT2D eigenvalue weighted by molar-refractivity contribution is -0.137. The third kappa shape index (κ3) is 4.17. The highest BCUT2D eigenvalue weighted by atomic mass is 16.2. The van der Waals surface area contributed by atoms with E-state index in [0.29, 0.717) is 12.8 Å². The van der Waals surface area contributed by atoms with Crippen LogP contribution in [-0.2, 0) is 29.2 Å². The molecule has 0 aromatic heterocycles. The summed E-state index contributed by atoms with van der Waals surface area (Å²) in [5, 5.41) is 5.98. The second-order valence-corrected chi connectivity index (χ2v) is 9.22. The van der Waals surface area contributed by atoms with Gasteiger partial charge in [0.05, 0.1) is 6.04 Å². The van der Waals surface area contributed by atoms with Crippen molar-refractivity contribution in [2.75, 3.05) is 39.3 Å². The van der Waals surface area contributed by atoms with Gasteiger partial charge >= 0.3 is 0 Å². The molecule has 3 saturated heterocycles. The first-order valence-electron chi connectivity index (χ1n) is 11.5. The Bertz CT molecular complexity index is 799. The SMILES string of the molecule is O=C1CCC(N2Cc3cccc(CN4CCN(C5CCNCC5)CC4)c3C2)C(=O)N1. The van der Waals surface area contributed by atoms with Gasteiger partial charge in [0.15, 0.2) is 0 Å². The summed E-state index contributed by atoms with van der Waals surface area (Å²) >= 11 is 0. The van der Waals surface area contributed by atoms with Crippen LogP contribution in [0.1, 0.15) is 42.4 Å². The lowest BCUT2D eigenvalue weighted by atomic mass is 10.0. The van der Waals surface area contributed by atoms with Crippen LogP contribution in [0.5, 0.6) is 0 Å². The minimum atomic E-state index is -0.184. The summed E-state index contributed by atoms with van der Waals surface area (Å²) in [6.45, 7) is 9.52. The molecule has 1 aromatic carbocycles. The topological polar surface area (TPSA) is 67.9 Å². The molecule has 0 aliphatic carbocycles. The van der Waals surface area contributed by atoms with Crippen molar-refractivity contribution in [2.45, 2.75) is 57.4 Å². The van der Waals surface area contributed by atoms with Crippen molar-refractivity contribution in [3.05, 3.63) is 34.9 Å². The van der Waals surface area contributed by atoms with Crippen LogP contribution >= 0.6 is 0 Å². The summed E-state index contributed by atoms with van der Waals surface area (Å²) < 4.78 is 0. The quantitative estimate of drug-likeness (QED) is 0.711. The van der Waals surface area contributed by atoms with E-state index in [1.807, 2.05) is 0 Å². The number of carbonyl (C=O) groups excluding carboxylic acids is 2. The summed E-state index contributed by atoms with van der Waals surface area (Å²) in [5.74, 6) is -0.271. The number of hydrogen-bond donors (Lipinski definition) is 2. The summed E-state index contributed by atoms with van der Waals surface area (Å²) in [4.78, 5) is 31.3. The van der Waals surface area contributed by atoms with Crippen LogP contribution in [0.25, 0.3) is 0 Å². The lowest BCUT2D eigenvalue weighted by Crippen LogP contribution is -2.52. The maximum atomic E-state index is 12.3. The molecular weight excluding hydrogens is 378 g/mol. The van der Waals surface area contributed by atoms with Crippen molar-refractivity contribution in [1.82, 2.24) is 25.3 Å². The highest BCUT2D eigenvalue weighted by Gasteiger charge is 2.35. The van der Waals surface area contributed by atoms with Gasteiger partial charge < -0.3 is 5.32 Å². The van der Waals surface area contributed by atoms with Crippen molar-refractivity contribution in [3.63, 3.8) is 0 Å². The van der Waals surface area contributed by atoms with Crippen molar-refractivity contribution in [3.8, 4) is 0 Å². The molecule has 4 aliphatic rings. The van der Waals surface area contributed by atoms with E-state index in [2.05, 4.69) is 43.5 Å². The molecule has 162 valence electrons. The molecule has 30 heavy (non-hydrogen) atoms. The first kappa shape index (κ1) is 20.1. The molecule has 1 aromatic rings. The molecule has 2 amide bonds. The van der Waals surface area contributed by atoms with Crippen LogP contribution < -0.4 is 10.6 Å². The molecule has 0 saturated carbocycles. The number of nitrogens with zero attached hydrogens (tertiary/aromatic N) is 3. The number of rotatable bonds is 4. The summed E-state index contributed by atoms with van der Waals surface area (Å²) in [5.41, 5.74) is 4.13. The van der Waals surface area contributed by atoms with Gasteiger partial charge in [-0.2, -0.15) is 0 Å². The maximum absolute atomic E-state index is 12.3. The molecule has 7 nitrogen and oxygen atoms in total. The van der Waals surface area contributed by atoms with Crippen LogP contribution in [0, 0.1) is 0 Å². The number of fused-ring (bicyclic) bond motifs is 1. The van der Waals surface area contributed by atoms with Gasteiger partial charge in [-0.15, -0.1) is 0 Å². The van der Waals surface area contributed by atoms with Crippen LogP contribution in [0.3, 0.4) is 0 Å². The smallest absolute Gasteiger partial charge is 0.243 e. The molecular formula is C23H33N5O2. The largest absolute Gasteiger partial charge is 0.317 e. The molecule has 1 unspecified atom stereocenters. The number of amides is 2. The van der Waals surface area contributed by atoms with Gasteiger partial charge in [0.2, 0.25) is 11.8 Å². The standard InChI is InChI=1S/C23H33N5O2/c29-22-5-4-21(23(30)25-22)28-15-18-3-1-2-17(20(18)16-28)14-26-10-12-27(13-11-26)19-6-8-24-9-7-19/h1-3,19,21,24H,4-16H2,(H,25,29,30). The number of nitrogens with one attached hydrogen (secondary N) is 2. The zero-order chi connectivity index (χ0) is 20.5. The molecule has 4 heterocycles. The summed E-state index contributed by atoms with van der Waals surface area (Å²) in [6, 6.07) is 7.19. The highest BCUT2D eigenvalue weighted by Crippen LogP contribution is 2.30. The normalized spacial score (nSPS) is 27.3. The minimum absolute atomic E-state index is 0.130. The Balaban J connectivity index is 1.20. The number of piperazine rings is 1. The Hall–Kier alpha value is -1.80. The van der Waals surface area contributed by atoms with Gasteiger partial charge in [-0.1, -0.05) is 18.2 Å². The van der Waals surface area contributed by atoms with Gasteiger partial charge in [0, 0.05) is 58.3 Å². The van der Waals surface area contributed by atoms with E-state index in [-0.39, 0.29) is 17.9 Å². The first-order chi connectivity index (χ1) is 14.7.